The van der Waals surface area contributed by atoms with Crippen LogP contribution in [0.4, 0.5) is 0 Å². The van der Waals surface area contributed by atoms with Gasteiger partial charge in [0.25, 0.3) is 0 Å². The third-order valence-corrected chi connectivity index (χ3v) is 3.63. The molecule has 0 radical (unpaired) electrons. The largest absolute Gasteiger partial charge is 0.493 e. The zero-order valence-corrected chi connectivity index (χ0v) is 13.9. The number of rotatable bonds is 7. The molecule has 0 fully saturated rings. The normalized spacial score (nSPS) is 10.6. The highest BCUT2D eigenvalue weighted by Crippen LogP contribution is 2.19. The number of Topliss-reactive ketones (excluding diaryl/α,β-unsaturated/α-hetero) is 1. The van der Waals surface area contributed by atoms with Gasteiger partial charge in [-0.05, 0) is 36.8 Å². The van der Waals surface area contributed by atoms with Gasteiger partial charge in [0.1, 0.15) is 11.3 Å². The predicted octanol–water partition coefficient (Wildman–Crippen LogP) is 3.94. The van der Waals surface area contributed by atoms with Crippen LogP contribution in [0.3, 0.4) is 0 Å². The van der Waals surface area contributed by atoms with Crippen LogP contribution in [-0.4, -0.2) is 25.0 Å². The molecule has 5 heteroatoms. The van der Waals surface area contributed by atoms with E-state index in [1.54, 1.807) is 12.1 Å². The lowest BCUT2D eigenvalue weighted by Crippen LogP contribution is -2.15. The summed E-state index contributed by atoms with van der Waals surface area (Å²) in [6, 6.07) is 16.5. The number of para-hydroxylation sites is 1. The van der Waals surface area contributed by atoms with E-state index in [0.29, 0.717) is 11.3 Å². The van der Waals surface area contributed by atoms with Crippen molar-refractivity contribution in [3.8, 4) is 5.75 Å². The van der Waals surface area contributed by atoms with Crippen LogP contribution in [0.5, 0.6) is 5.75 Å². The number of ether oxygens (including phenoxy) is 2. The molecular weight excluding hydrogens is 320 g/mol. The average Bonchev–Trinajstić information content (AvgIpc) is 3.04. The molecular formula is C20H18O5. The number of esters is 1. The lowest BCUT2D eigenvalue weighted by molar-refractivity contribution is -0.143. The van der Waals surface area contributed by atoms with Crippen LogP contribution in [0, 0.1) is 6.92 Å². The Labute approximate surface area is 145 Å². The van der Waals surface area contributed by atoms with Crippen molar-refractivity contribution >= 4 is 22.7 Å². The van der Waals surface area contributed by atoms with Gasteiger partial charge in [0.2, 0.25) is 5.78 Å². The van der Waals surface area contributed by atoms with Crippen molar-refractivity contribution in [3.05, 3.63) is 65.9 Å². The molecule has 0 aliphatic heterocycles. The number of hydrogen-bond acceptors (Lipinski definition) is 5. The monoisotopic (exact) mass is 338 g/mol. The molecule has 5 nitrogen and oxygen atoms in total. The molecule has 0 N–H and O–H groups in total. The lowest BCUT2D eigenvalue weighted by Gasteiger charge is -2.06. The van der Waals surface area contributed by atoms with Crippen LogP contribution in [0.15, 0.2) is 59.0 Å². The Morgan fingerprint density at radius 2 is 1.88 bits per heavy atom. The zero-order chi connectivity index (χ0) is 17.6. The van der Waals surface area contributed by atoms with E-state index < -0.39 is 5.97 Å². The molecule has 1 aromatic heterocycles. The first kappa shape index (κ1) is 16.8. The summed E-state index contributed by atoms with van der Waals surface area (Å²) in [4.78, 5) is 23.8. The molecule has 2 aromatic carbocycles. The van der Waals surface area contributed by atoms with Crippen molar-refractivity contribution in [1.82, 2.24) is 0 Å². The summed E-state index contributed by atoms with van der Waals surface area (Å²) in [5, 5.41) is 0.837. The molecule has 0 aliphatic carbocycles. The van der Waals surface area contributed by atoms with Crippen LogP contribution >= 0.6 is 0 Å². The Morgan fingerprint density at radius 1 is 1.04 bits per heavy atom. The quantitative estimate of drug-likeness (QED) is 0.482. The van der Waals surface area contributed by atoms with Crippen LogP contribution < -0.4 is 4.74 Å². The second-order valence-electron chi connectivity index (χ2n) is 5.65. The predicted molar refractivity (Wildman–Crippen MR) is 92.8 cm³/mol. The van der Waals surface area contributed by atoms with Crippen molar-refractivity contribution < 1.29 is 23.5 Å². The number of furan rings is 1. The summed E-state index contributed by atoms with van der Waals surface area (Å²) in [7, 11) is 0. The first-order chi connectivity index (χ1) is 12.1. The number of carbonyl (C=O) groups is 2. The van der Waals surface area contributed by atoms with E-state index in [-0.39, 0.29) is 31.2 Å². The maximum absolute atomic E-state index is 12.0. The van der Waals surface area contributed by atoms with Gasteiger partial charge < -0.3 is 13.9 Å². The highest BCUT2D eigenvalue weighted by atomic mass is 16.5. The molecule has 0 amide bonds. The van der Waals surface area contributed by atoms with E-state index in [0.717, 1.165) is 10.9 Å². The fraction of sp³-hybridized carbons (Fsp3) is 0.200. The van der Waals surface area contributed by atoms with Crippen molar-refractivity contribution in [2.45, 2.75) is 13.3 Å². The minimum Gasteiger partial charge on any atom is -0.493 e. The molecule has 0 spiro atoms. The van der Waals surface area contributed by atoms with Crippen LogP contribution in [0.2, 0.25) is 0 Å². The fourth-order valence-electron chi connectivity index (χ4n) is 2.37. The first-order valence-electron chi connectivity index (χ1n) is 7.99. The molecule has 3 aromatic rings. The van der Waals surface area contributed by atoms with Crippen molar-refractivity contribution in [3.63, 3.8) is 0 Å². The van der Waals surface area contributed by atoms with Crippen LogP contribution in [-0.2, 0) is 9.53 Å². The zero-order valence-electron chi connectivity index (χ0n) is 13.9. The Hall–Kier alpha value is -3.08. The fourth-order valence-corrected chi connectivity index (χ4v) is 2.37. The average molecular weight is 338 g/mol. The number of carbonyl (C=O) groups excluding carboxylic acids is 2. The maximum atomic E-state index is 12.0. The van der Waals surface area contributed by atoms with E-state index in [9.17, 15) is 9.59 Å². The van der Waals surface area contributed by atoms with Crippen molar-refractivity contribution in [2.24, 2.45) is 0 Å². The molecule has 128 valence electrons. The summed E-state index contributed by atoms with van der Waals surface area (Å²) < 4.78 is 15.9. The van der Waals surface area contributed by atoms with Gasteiger partial charge in [-0.1, -0.05) is 30.3 Å². The summed E-state index contributed by atoms with van der Waals surface area (Å²) in [6.45, 7) is 1.81. The Kier molecular flexibility index (Phi) is 5.14. The molecule has 25 heavy (non-hydrogen) atoms. The number of benzene rings is 2. The topological polar surface area (TPSA) is 65.7 Å². The Morgan fingerprint density at radius 3 is 2.68 bits per heavy atom. The molecule has 0 unspecified atom stereocenters. The van der Waals surface area contributed by atoms with Gasteiger partial charge >= 0.3 is 5.97 Å². The summed E-state index contributed by atoms with van der Waals surface area (Å²) in [5.74, 6) is 0.0254. The second kappa shape index (κ2) is 7.66. The molecule has 0 aliphatic rings. The van der Waals surface area contributed by atoms with Gasteiger partial charge in [0.15, 0.2) is 12.4 Å². The van der Waals surface area contributed by atoms with Crippen LogP contribution in [0.1, 0.15) is 22.5 Å². The van der Waals surface area contributed by atoms with Gasteiger partial charge in [-0.3, -0.25) is 9.59 Å². The van der Waals surface area contributed by atoms with E-state index >= 15 is 0 Å². The molecule has 1 heterocycles. The third kappa shape index (κ3) is 4.47. The first-order valence-corrected chi connectivity index (χ1v) is 7.99. The number of fused-ring (bicyclic) bond motifs is 1. The van der Waals surface area contributed by atoms with Gasteiger partial charge in [-0.25, -0.2) is 0 Å². The lowest BCUT2D eigenvalue weighted by atomic mass is 10.2. The smallest absolute Gasteiger partial charge is 0.309 e. The molecule has 0 saturated carbocycles. The van der Waals surface area contributed by atoms with E-state index in [2.05, 4.69) is 0 Å². The molecule has 0 bridgehead atoms. The SMILES string of the molecule is Cc1cccc(OCCC(=O)OCC(=O)c2cc3ccccc3o2)c1. The van der Waals surface area contributed by atoms with E-state index in [4.69, 9.17) is 13.9 Å². The summed E-state index contributed by atoms with van der Waals surface area (Å²) >= 11 is 0. The molecule has 0 saturated heterocycles. The minimum absolute atomic E-state index is 0.0708. The molecule has 3 rings (SSSR count). The number of aryl methyl sites for hydroxylation is 1. The van der Waals surface area contributed by atoms with Gasteiger partial charge in [0, 0.05) is 5.39 Å². The van der Waals surface area contributed by atoms with E-state index in [1.807, 2.05) is 49.4 Å². The van der Waals surface area contributed by atoms with Crippen molar-refractivity contribution in [1.29, 1.82) is 0 Å². The number of ketones is 1. The van der Waals surface area contributed by atoms with Gasteiger partial charge in [0.05, 0.1) is 13.0 Å². The Balaban J connectivity index is 1.44. The molecule has 0 atom stereocenters. The highest BCUT2D eigenvalue weighted by molar-refractivity contribution is 5.99. The third-order valence-electron chi connectivity index (χ3n) is 3.63. The second-order valence-corrected chi connectivity index (χ2v) is 5.65. The summed E-state index contributed by atoms with van der Waals surface area (Å²) in [6.07, 6.45) is 0.0708. The van der Waals surface area contributed by atoms with Crippen molar-refractivity contribution in [2.75, 3.05) is 13.2 Å². The number of hydrogen-bond donors (Lipinski definition) is 0. The highest BCUT2D eigenvalue weighted by Gasteiger charge is 2.14. The van der Waals surface area contributed by atoms with E-state index in [1.165, 1.54) is 0 Å². The van der Waals surface area contributed by atoms with Crippen LogP contribution in [0.25, 0.3) is 11.0 Å². The van der Waals surface area contributed by atoms with Gasteiger partial charge in [-0.2, -0.15) is 0 Å². The van der Waals surface area contributed by atoms with Gasteiger partial charge in [-0.15, -0.1) is 0 Å². The Bertz CT molecular complexity index is 861. The summed E-state index contributed by atoms with van der Waals surface area (Å²) in [5.41, 5.74) is 1.71. The minimum atomic E-state index is -0.489. The maximum Gasteiger partial charge on any atom is 0.309 e. The standard InChI is InChI=1S/C20H18O5/c1-14-5-4-7-16(11-14)23-10-9-20(22)24-13-17(21)19-12-15-6-2-3-8-18(15)25-19/h2-8,11-12H,9-10,13H2,1H3.